The van der Waals surface area contributed by atoms with Gasteiger partial charge in [0, 0.05) is 6.54 Å². The van der Waals surface area contributed by atoms with Gasteiger partial charge in [-0.1, -0.05) is 103 Å². The van der Waals surface area contributed by atoms with E-state index in [-0.39, 0.29) is 6.61 Å². The van der Waals surface area contributed by atoms with E-state index in [0.717, 1.165) is 19.4 Å². The number of nitrogens with zero attached hydrogens (tertiary/aromatic N) is 1. The molecule has 0 saturated carbocycles. The minimum atomic E-state index is -1.16. The van der Waals surface area contributed by atoms with Crippen LogP contribution in [-0.4, -0.2) is 69.4 Å². The summed E-state index contributed by atoms with van der Waals surface area (Å²) in [5.41, 5.74) is 0. The molecule has 1 aliphatic heterocycles. The number of piperidine rings is 1. The molecule has 0 spiro atoms. The van der Waals surface area contributed by atoms with Crippen LogP contribution in [0.4, 0.5) is 0 Å². The van der Waals surface area contributed by atoms with Crippen LogP contribution < -0.4 is 0 Å². The number of unbranched alkanes of at least 4 members (excludes halogenated alkanes) is 15. The van der Waals surface area contributed by atoms with Gasteiger partial charge in [0.05, 0.1) is 18.8 Å². The zero-order valence-electron chi connectivity index (χ0n) is 19.0. The van der Waals surface area contributed by atoms with Crippen LogP contribution in [0.1, 0.15) is 110 Å². The summed E-state index contributed by atoms with van der Waals surface area (Å²) >= 11 is 0. The molecule has 0 unspecified atom stereocenters. The average Bonchev–Trinajstić information content (AvgIpc) is 2.72. The van der Waals surface area contributed by atoms with Crippen molar-refractivity contribution in [3.8, 4) is 0 Å². The van der Waals surface area contributed by atoms with Gasteiger partial charge in [-0.15, -0.1) is 0 Å². The molecule has 174 valence electrons. The van der Waals surface area contributed by atoms with Gasteiger partial charge in [0.2, 0.25) is 0 Å². The Labute approximate surface area is 179 Å². The van der Waals surface area contributed by atoms with Crippen molar-refractivity contribution in [1.82, 2.24) is 4.90 Å². The van der Waals surface area contributed by atoms with Crippen molar-refractivity contribution in [3.05, 3.63) is 0 Å². The number of rotatable bonds is 18. The molecule has 0 amide bonds. The smallest absolute Gasteiger partial charge is 0.109 e. The van der Waals surface area contributed by atoms with Gasteiger partial charge in [0.1, 0.15) is 12.2 Å². The van der Waals surface area contributed by atoms with Crippen LogP contribution in [-0.2, 0) is 0 Å². The fourth-order valence-corrected chi connectivity index (χ4v) is 4.50. The number of hydrogen-bond acceptors (Lipinski definition) is 5. The van der Waals surface area contributed by atoms with Crippen LogP contribution >= 0.6 is 0 Å². The molecule has 1 fully saturated rings. The first-order chi connectivity index (χ1) is 14.1. The summed E-state index contributed by atoms with van der Waals surface area (Å²) in [7, 11) is 0. The van der Waals surface area contributed by atoms with Gasteiger partial charge in [0.15, 0.2) is 0 Å². The number of likely N-dealkylation sites (tertiary alicyclic amines) is 1. The summed E-state index contributed by atoms with van der Waals surface area (Å²) < 4.78 is 0. The lowest BCUT2D eigenvalue weighted by Crippen LogP contribution is -2.62. The third-order valence-corrected chi connectivity index (χ3v) is 6.51. The molecule has 1 aliphatic rings. The molecule has 0 radical (unpaired) electrons. The number of aliphatic hydroxyl groups is 4. The van der Waals surface area contributed by atoms with E-state index in [1.54, 1.807) is 0 Å². The normalized spacial score (nSPS) is 25.6. The molecular weight excluding hydrogens is 366 g/mol. The Balaban J connectivity index is 1.89. The minimum Gasteiger partial charge on any atom is -0.395 e. The highest BCUT2D eigenvalue weighted by molar-refractivity contribution is 4.93. The second-order valence-electron chi connectivity index (χ2n) is 9.10. The van der Waals surface area contributed by atoms with E-state index in [4.69, 9.17) is 0 Å². The summed E-state index contributed by atoms with van der Waals surface area (Å²) in [6.07, 6.45) is 18.2. The van der Waals surface area contributed by atoms with E-state index < -0.39 is 24.4 Å². The fourth-order valence-electron chi connectivity index (χ4n) is 4.50. The SMILES string of the molecule is CCCCCCCCCCCCCCCCCCN1C[C@H](O)[C@@H](O)[C@@H](O)[C@H]1CO. The zero-order chi connectivity index (χ0) is 21.3. The highest BCUT2D eigenvalue weighted by Gasteiger charge is 2.40. The van der Waals surface area contributed by atoms with Crippen molar-refractivity contribution < 1.29 is 20.4 Å². The third kappa shape index (κ3) is 11.7. The first-order valence-corrected chi connectivity index (χ1v) is 12.5. The minimum absolute atomic E-state index is 0.191. The predicted molar refractivity (Wildman–Crippen MR) is 120 cm³/mol. The van der Waals surface area contributed by atoms with Crippen molar-refractivity contribution in [3.63, 3.8) is 0 Å². The fraction of sp³-hybridized carbons (Fsp3) is 1.00. The molecule has 0 aromatic heterocycles. The first-order valence-electron chi connectivity index (χ1n) is 12.5. The van der Waals surface area contributed by atoms with Crippen LogP contribution in [0.2, 0.25) is 0 Å². The molecule has 0 bridgehead atoms. The van der Waals surface area contributed by atoms with Crippen molar-refractivity contribution in [2.75, 3.05) is 19.7 Å². The Morgan fingerprint density at radius 3 is 1.45 bits per heavy atom. The number of hydrogen-bond donors (Lipinski definition) is 4. The van der Waals surface area contributed by atoms with Crippen LogP contribution in [0.25, 0.3) is 0 Å². The third-order valence-electron chi connectivity index (χ3n) is 6.51. The van der Waals surface area contributed by atoms with Crippen molar-refractivity contribution in [1.29, 1.82) is 0 Å². The Bertz CT molecular complexity index is 369. The lowest BCUT2D eigenvalue weighted by atomic mass is 9.94. The largest absolute Gasteiger partial charge is 0.395 e. The van der Waals surface area contributed by atoms with E-state index in [2.05, 4.69) is 6.92 Å². The molecule has 4 atom stereocenters. The molecule has 29 heavy (non-hydrogen) atoms. The Morgan fingerprint density at radius 2 is 1.03 bits per heavy atom. The van der Waals surface area contributed by atoms with Gasteiger partial charge in [-0.25, -0.2) is 0 Å². The molecule has 4 N–H and O–H groups in total. The summed E-state index contributed by atoms with van der Waals surface area (Å²) in [6.45, 7) is 3.16. The van der Waals surface area contributed by atoms with E-state index in [1.165, 1.54) is 89.9 Å². The van der Waals surface area contributed by atoms with Crippen molar-refractivity contribution >= 4 is 0 Å². The molecule has 5 nitrogen and oxygen atoms in total. The number of aliphatic hydroxyl groups excluding tert-OH is 4. The summed E-state index contributed by atoms with van der Waals surface area (Å²) in [5.74, 6) is 0. The van der Waals surface area contributed by atoms with Crippen molar-refractivity contribution in [2.24, 2.45) is 0 Å². The lowest BCUT2D eigenvalue weighted by molar-refractivity contribution is -0.145. The Kier molecular flexibility index (Phi) is 16.2. The molecule has 1 rings (SSSR count). The van der Waals surface area contributed by atoms with E-state index in [0.29, 0.717) is 6.54 Å². The highest BCUT2D eigenvalue weighted by Crippen LogP contribution is 2.20. The van der Waals surface area contributed by atoms with Gasteiger partial charge >= 0.3 is 0 Å². The van der Waals surface area contributed by atoms with Gasteiger partial charge < -0.3 is 20.4 Å². The first kappa shape index (κ1) is 26.8. The molecule has 5 heteroatoms. The molecule has 0 aromatic rings. The topological polar surface area (TPSA) is 84.2 Å². The molecule has 1 heterocycles. The molecular formula is C24H49NO4. The maximum atomic E-state index is 10.0. The lowest BCUT2D eigenvalue weighted by Gasteiger charge is -2.43. The Hall–Kier alpha value is -0.200. The summed E-state index contributed by atoms with van der Waals surface area (Å²) in [4.78, 5) is 1.92. The van der Waals surface area contributed by atoms with Gasteiger partial charge in [0.25, 0.3) is 0 Å². The van der Waals surface area contributed by atoms with Crippen LogP contribution in [0.15, 0.2) is 0 Å². The monoisotopic (exact) mass is 415 g/mol. The van der Waals surface area contributed by atoms with Crippen LogP contribution in [0.5, 0.6) is 0 Å². The molecule has 0 aliphatic carbocycles. The summed E-state index contributed by atoms with van der Waals surface area (Å²) in [5, 5.41) is 39.1. The van der Waals surface area contributed by atoms with Crippen molar-refractivity contribution in [2.45, 2.75) is 134 Å². The Morgan fingerprint density at radius 1 is 0.621 bits per heavy atom. The number of β-amino-alcohol motifs (C(OH)–C–C–N with tert-alkyl or cyclic N) is 1. The standard InChI is InChI=1S/C24H49NO4/c1-2-3-4-5-6-7-8-9-10-11-12-13-14-15-16-17-18-25-19-22(27)24(29)23(28)21(25)20-26/h21-24,26-29H,2-20H2,1H3/t21-,22+,23+,24-/m1/s1. The zero-order valence-corrected chi connectivity index (χ0v) is 19.0. The van der Waals surface area contributed by atoms with Crippen LogP contribution in [0, 0.1) is 0 Å². The van der Waals surface area contributed by atoms with Crippen LogP contribution in [0.3, 0.4) is 0 Å². The van der Waals surface area contributed by atoms with E-state index in [9.17, 15) is 20.4 Å². The van der Waals surface area contributed by atoms with Gasteiger partial charge in [-0.3, -0.25) is 4.90 Å². The predicted octanol–water partition coefficient (Wildman–Crippen LogP) is 4.01. The maximum absolute atomic E-state index is 10.0. The second kappa shape index (κ2) is 17.5. The molecule has 1 saturated heterocycles. The van der Waals surface area contributed by atoms with E-state index >= 15 is 0 Å². The molecule has 0 aromatic carbocycles. The van der Waals surface area contributed by atoms with Gasteiger partial charge in [-0.05, 0) is 13.0 Å². The second-order valence-corrected chi connectivity index (χ2v) is 9.10. The quantitative estimate of drug-likeness (QED) is 0.254. The summed E-state index contributed by atoms with van der Waals surface area (Å²) in [6, 6.07) is -0.468. The van der Waals surface area contributed by atoms with Gasteiger partial charge in [-0.2, -0.15) is 0 Å². The van der Waals surface area contributed by atoms with E-state index in [1.807, 2.05) is 4.90 Å². The average molecular weight is 416 g/mol. The highest BCUT2D eigenvalue weighted by atomic mass is 16.4. The maximum Gasteiger partial charge on any atom is 0.109 e.